The molecule has 1 aromatic rings. The molecule has 5 heteroatoms. The van der Waals surface area contributed by atoms with Gasteiger partial charge in [0.1, 0.15) is 5.92 Å². The van der Waals surface area contributed by atoms with Gasteiger partial charge in [0, 0.05) is 24.9 Å². The Morgan fingerprint density at radius 2 is 2.24 bits per heavy atom. The third-order valence-electron chi connectivity index (χ3n) is 2.61. The van der Waals surface area contributed by atoms with Crippen molar-refractivity contribution in [2.24, 2.45) is 5.92 Å². The molecular weight excluding hydrogens is 222 g/mol. The van der Waals surface area contributed by atoms with Crippen LogP contribution in [0.4, 0.5) is 5.69 Å². The van der Waals surface area contributed by atoms with Gasteiger partial charge < -0.3 is 14.8 Å². The van der Waals surface area contributed by atoms with Crippen LogP contribution in [0.3, 0.4) is 0 Å². The molecule has 1 aromatic carbocycles. The monoisotopic (exact) mass is 235 g/mol. The number of carbonyl (C=O) groups is 2. The number of methoxy groups -OCH3 is 1. The van der Waals surface area contributed by atoms with Crippen molar-refractivity contribution in [1.29, 1.82) is 0 Å². The molecule has 0 saturated heterocycles. The van der Waals surface area contributed by atoms with Crippen molar-refractivity contribution in [3.05, 3.63) is 29.8 Å². The van der Waals surface area contributed by atoms with E-state index in [1.165, 1.54) is 7.11 Å². The summed E-state index contributed by atoms with van der Waals surface area (Å²) in [6, 6.07) is 7.11. The summed E-state index contributed by atoms with van der Waals surface area (Å²) in [6.07, 6.45) is 0. The highest BCUT2D eigenvalue weighted by Crippen LogP contribution is 2.24. The van der Waals surface area contributed by atoms with Gasteiger partial charge in [0.2, 0.25) is 0 Å². The van der Waals surface area contributed by atoms with E-state index in [0.29, 0.717) is 5.56 Å². The summed E-state index contributed by atoms with van der Waals surface area (Å²) in [5.41, 5.74) is 1.28. The lowest BCUT2D eigenvalue weighted by Gasteiger charge is -2.23. The molecule has 0 bridgehead atoms. The quantitative estimate of drug-likeness (QED) is 0.482. The average Bonchev–Trinajstić information content (AvgIpc) is 2.37. The molecule has 0 radical (unpaired) electrons. The van der Waals surface area contributed by atoms with Crippen LogP contribution in [0.2, 0.25) is 0 Å². The second kappa shape index (κ2) is 4.97. The lowest BCUT2D eigenvalue weighted by atomic mass is 9.92. The third-order valence-corrected chi connectivity index (χ3v) is 2.61. The number of hydrogen-bond acceptors (Lipinski definition) is 5. The number of carbonyl (C=O) groups excluding carboxylic acids is 2. The van der Waals surface area contributed by atoms with Gasteiger partial charge in [-0.25, -0.2) is 0 Å². The summed E-state index contributed by atoms with van der Waals surface area (Å²) in [5.74, 6) is -1.56. The smallest absolute Gasteiger partial charge is 0.320 e. The van der Waals surface area contributed by atoms with Gasteiger partial charge in [-0.2, -0.15) is 0 Å². The lowest BCUT2D eigenvalue weighted by Crippen LogP contribution is -2.36. The molecular formula is C12H13NO4. The summed E-state index contributed by atoms with van der Waals surface area (Å²) in [4.78, 5) is 23.7. The molecule has 1 heterocycles. The summed E-state index contributed by atoms with van der Waals surface area (Å²) in [7, 11) is 1.42. The van der Waals surface area contributed by atoms with Crippen molar-refractivity contribution in [2.45, 2.75) is 0 Å². The molecule has 1 atom stereocenters. The van der Waals surface area contributed by atoms with E-state index >= 15 is 0 Å². The number of ether oxygens (including phenoxy) is 2. The molecule has 1 aliphatic rings. The third kappa shape index (κ3) is 2.29. The predicted octanol–water partition coefficient (Wildman–Crippen LogP) is 1.06. The van der Waals surface area contributed by atoms with Gasteiger partial charge in [0.05, 0.1) is 0 Å². The van der Waals surface area contributed by atoms with Gasteiger partial charge in [0.25, 0.3) is 0 Å². The first-order chi connectivity index (χ1) is 8.24. The number of benzene rings is 1. The van der Waals surface area contributed by atoms with E-state index in [0.717, 1.165) is 5.69 Å². The number of ketones is 1. The summed E-state index contributed by atoms with van der Waals surface area (Å²) < 4.78 is 9.43. The second-order valence-corrected chi connectivity index (χ2v) is 3.71. The zero-order chi connectivity index (χ0) is 12.3. The number of fused-ring (bicyclic) bond motifs is 1. The maximum absolute atomic E-state index is 12.0. The van der Waals surface area contributed by atoms with E-state index in [4.69, 9.17) is 4.74 Å². The molecule has 0 aromatic heterocycles. The van der Waals surface area contributed by atoms with Crippen LogP contribution in [0.5, 0.6) is 0 Å². The Morgan fingerprint density at radius 3 is 3.00 bits per heavy atom. The first-order valence-corrected chi connectivity index (χ1v) is 5.26. The minimum absolute atomic E-state index is 0.135. The van der Waals surface area contributed by atoms with Gasteiger partial charge in [-0.15, -0.1) is 0 Å². The topological polar surface area (TPSA) is 64.6 Å². The number of Topliss-reactive ketones (excluding diaryl/α,β-unsaturated/α-hetero) is 1. The minimum atomic E-state index is -0.792. The maximum atomic E-state index is 12.0. The highest BCUT2D eigenvalue weighted by atomic mass is 16.7. The molecule has 0 fully saturated rings. The molecule has 0 saturated carbocycles. The molecule has 5 nitrogen and oxygen atoms in total. The van der Waals surface area contributed by atoms with Crippen LogP contribution < -0.4 is 5.32 Å². The van der Waals surface area contributed by atoms with Crippen LogP contribution >= 0.6 is 0 Å². The zero-order valence-electron chi connectivity index (χ0n) is 9.43. The molecule has 0 amide bonds. The van der Waals surface area contributed by atoms with E-state index in [1.54, 1.807) is 12.1 Å². The molecule has 90 valence electrons. The molecule has 17 heavy (non-hydrogen) atoms. The Kier molecular flexibility index (Phi) is 3.39. The van der Waals surface area contributed by atoms with Gasteiger partial charge in [-0.05, 0) is 12.1 Å². The first-order valence-electron chi connectivity index (χ1n) is 5.26. The highest BCUT2D eigenvalue weighted by Gasteiger charge is 2.33. The number of hydrogen-bond donors (Lipinski definition) is 1. The number of anilines is 1. The number of rotatable bonds is 3. The Labute approximate surface area is 98.7 Å². The molecule has 1 N–H and O–H groups in total. The van der Waals surface area contributed by atoms with Crippen molar-refractivity contribution < 1.29 is 19.1 Å². The largest absolute Gasteiger partial charge is 0.438 e. The lowest BCUT2D eigenvalue weighted by molar-refractivity contribution is -0.156. The Morgan fingerprint density at radius 1 is 1.47 bits per heavy atom. The van der Waals surface area contributed by atoms with Crippen molar-refractivity contribution in [2.75, 3.05) is 25.8 Å². The van der Waals surface area contributed by atoms with Gasteiger partial charge in [-0.1, -0.05) is 12.1 Å². The van der Waals surface area contributed by atoms with Gasteiger partial charge in [-0.3, -0.25) is 9.59 Å². The number of para-hydroxylation sites is 1. The van der Waals surface area contributed by atoms with Crippen molar-refractivity contribution in [3.63, 3.8) is 0 Å². The van der Waals surface area contributed by atoms with Crippen LogP contribution in [0, 0.1) is 5.92 Å². The predicted molar refractivity (Wildman–Crippen MR) is 60.7 cm³/mol. The van der Waals surface area contributed by atoms with E-state index in [9.17, 15) is 9.59 Å². The van der Waals surface area contributed by atoms with Crippen molar-refractivity contribution >= 4 is 17.4 Å². The van der Waals surface area contributed by atoms with Gasteiger partial charge in [0.15, 0.2) is 12.6 Å². The minimum Gasteiger partial charge on any atom is -0.438 e. The summed E-state index contributed by atoms with van der Waals surface area (Å²) in [6.45, 7) is 0.128. The molecule has 0 spiro atoms. The molecule has 1 aliphatic heterocycles. The standard InChI is InChI=1S/C12H13NO4/c1-16-7-17-12(15)9-6-13-10-5-3-2-4-8(10)11(9)14/h2-5,9,13H,6-7H2,1H3. The maximum Gasteiger partial charge on any atom is 0.320 e. The fourth-order valence-electron chi connectivity index (χ4n) is 1.75. The summed E-state index contributed by atoms with van der Waals surface area (Å²) >= 11 is 0. The molecule has 2 rings (SSSR count). The Hall–Kier alpha value is -1.88. The Balaban J connectivity index is 2.14. The second-order valence-electron chi connectivity index (χ2n) is 3.71. The number of esters is 1. The fourth-order valence-corrected chi connectivity index (χ4v) is 1.75. The van der Waals surface area contributed by atoms with E-state index in [-0.39, 0.29) is 19.1 Å². The first kappa shape index (κ1) is 11.6. The SMILES string of the molecule is COCOC(=O)C1CNc2ccccc2C1=O. The fraction of sp³-hybridized carbons (Fsp3) is 0.333. The van der Waals surface area contributed by atoms with Gasteiger partial charge >= 0.3 is 5.97 Å². The number of nitrogens with one attached hydrogen (secondary N) is 1. The van der Waals surface area contributed by atoms with Crippen LogP contribution in [0.25, 0.3) is 0 Å². The van der Waals surface area contributed by atoms with Crippen LogP contribution in [-0.2, 0) is 14.3 Å². The normalized spacial score (nSPS) is 18.2. The van der Waals surface area contributed by atoms with E-state index in [2.05, 4.69) is 10.1 Å². The molecule has 1 unspecified atom stereocenters. The van der Waals surface area contributed by atoms with E-state index in [1.807, 2.05) is 12.1 Å². The van der Waals surface area contributed by atoms with Crippen LogP contribution in [0.15, 0.2) is 24.3 Å². The highest BCUT2D eigenvalue weighted by molar-refractivity contribution is 6.13. The van der Waals surface area contributed by atoms with E-state index < -0.39 is 11.9 Å². The van der Waals surface area contributed by atoms with Crippen molar-refractivity contribution in [3.8, 4) is 0 Å². The molecule has 0 aliphatic carbocycles. The van der Waals surface area contributed by atoms with Crippen LogP contribution in [0.1, 0.15) is 10.4 Å². The van der Waals surface area contributed by atoms with Crippen LogP contribution in [-0.4, -0.2) is 32.2 Å². The Bertz CT molecular complexity index is 444. The average molecular weight is 235 g/mol. The summed E-state index contributed by atoms with van der Waals surface area (Å²) in [5, 5.41) is 3.04. The van der Waals surface area contributed by atoms with Crippen molar-refractivity contribution in [1.82, 2.24) is 0 Å². The zero-order valence-corrected chi connectivity index (χ0v) is 9.43.